The molecule has 156 valence electrons. The summed E-state index contributed by atoms with van der Waals surface area (Å²) < 4.78 is 6.36. The van der Waals surface area contributed by atoms with Gasteiger partial charge in [0.25, 0.3) is 5.56 Å². The van der Waals surface area contributed by atoms with E-state index in [9.17, 15) is 9.59 Å². The molecule has 0 saturated carbocycles. The van der Waals surface area contributed by atoms with Crippen LogP contribution in [0.1, 0.15) is 41.9 Å². The van der Waals surface area contributed by atoms with Crippen molar-refractivity contribution in [1.29, 1.82) is 0 Å². The largest absolute Gasteiger partial charge is 0.497 e. The zero-order chi connectivity index (χ0) is 20.9. The van der Waals surface area contributed by atoms with Crippen molar-refractivity contribution in [1.82, 2.24) is 25.0 Å². The van der Waals surface area contributed by atoms with Gasteiger partial charge in [-0.05, 0) is 48.9 Å². The van der Waals surface area contributed by atoms with Crippen molar-refractivity contribution in [3.05, 3.63) is 63.3 Å². The van der Waals surface area contributed by atoms with Gasteiger partial charge in [0.15, 0.2) is 0 Å². The maximum absolute atomic E-state index is 12.4. The number of hydrogen-bond acceptors (Lipinski definition) is 6. The molecule has 1 aromatic carbocycles. The van der Waals surface area contributed by atoms with Gasteiger partial charge in [0.2, 0.25) is 11.9 Å². The van der Waals surface area contributed by atoms with Crippen molar-refractivity contribution in [2.45, 2.75) is 45.1 Å². The monoisotopic (exact) mass is 408 g/mol. The molecule has 2 heterocycles. The molecule has 9 heteroatoms. The number of aromatic nitrogens is 5. The number of anilines is 1. The first-order chi connectivity index (χ1) is 14.6. The second kappa shape index (κ2) is 8.89. The smallest absolute Gasteiger partial charge is 0.267 e. The number of ether oxygens (including phenoxy) is 1. The quantitative estimate of drug-likeness (QED) is 0.602. The predicted molar refractivity (Wildman–Crippen MR) is 111 cm³/mol. The average Bonchev–Trinajstić information content (AvgIpc) is 3.04. The van der Waals surface area contributed by atoms with Crippen molar-refractivity contribution < 1.29 is 9.53 Å². The summed E-state index contributed by atoms with van der Waals surface area (Å²) >= 11 is 0. The van der Waals surface area contributed by atoms with E-state index in [2.05, 4.69) is 25.6 Å². The summed E-state index contributed by atoms with van der Waals surface area (Å²) in [7, 11) is 1.62. The van der Waals surface area contributed by atoms with E-state index in [-0.39, 0.29) is 18.1 Å². The maximum Gasteiger partial charge on any atom is 0.267 e. The first kappa shape index (κ1) is 19.8. The van der Waals surface area contributed by atoms with Gasteiger partial charge in [0.05, 0.1) is 12.8 Å². The molecule has 0 fully saturated rings. The number of amides is 1. The fourth-order valence-corrected chi connectivity index (χ4v) is 3.56. The summed E-state index contributed by atoms with van der Waals surface area (Å²) in [4.78, 5) is 29.0. The van der Waals surface area contributed by atoms with E-state index in [4.69, 9.17) is 4.74 Å². The Kier molecular flexibility index (Phi) is 5.87. The lowest BCUT2D eigenvalue weighted by atomic mass is 10.1. The van der Waals surface area contributed by atoms with Crippen molar-refractivity contribution in [3.63, 3.8) is 0 Å². The number of nitrogens with one attached hydrogen (secondary N) is 2. The highest BCUT2D eigenvalue weighted by Gasteiger charge is 2.15. The number of aromatic amines is 1. The number of hydrogen-bond donors (Lipinski definition) is 2. The van der Waals surface area contributed by atoms with Crippen LogP contribution in [-0.4, -0.2) is 38.0 Å². The number of carbonyl (C=O) groups excluding carboxylic acids is 1. The normalized spacial score (nSPS) is 13.4. The fraction of sp³-hybridized carbons (Fsp3) is 0.381. The van der Waals surface area contributed by atoms with Gasteiger partial charge in [-0.25, -0.2) is 4.68 Å². The Morgan fingerprint density at radius 3 is 2.80 bits per heavy atom. The molecule has 0 atom stereocenters. The van der Waals surface area contributed by atoms with E-state index >= 15 is 0 Å². The van der Waals surface area contributed by atoms with E-state index in [0.717, 1.165) is 54.7 Å². The second-order valence-electron chi connectivity index (χ2n) is 7.35. The van der Waals surface area contributed by atoms with Gasteiger partial charge < -0.3 is 4.74 Å². The second-order valence-corrected chi connectivity index (χ2v) is 7.35. The predicted octanol–water partition coefficient (Wildman–Crippen LogP) is 1.87. The van der Waals surface area contributed by atoms with Crippen LogP contribution in [0, 0.1) is 0 Å². The molecule has 2 N–H and O–H groups in total. The fourth-order valence-electron chi connectivity index (χ4n) is 3.56. The summed E-state index contributed by atoms with van der Waals surface area (Å²) in [5.41, 5.74) is 2.69. The third kappa shape index (κ3) is 4.73. The molecule has 0 bridgehead atoms. The van der Waals surface area contributed by atoms with Crippen LogP contribution in [0.3, 0.4) is 0 Å². The van der Waals surface area contributed by atoms with Crippen LogP contribution in [0.4, 0.5) is 5.95 Å². The number of aryl methyl sites for hydroxylation is 2. The number of benzene rings is 1. The summed E-state index contributed by atoms with van der Waals surface area (Å²) in [5, 5.41) is 13.9. The van der Waals surface area contributed by atoms with Crippen molar-refractivity contribution in [2.75, 3.05) is 12.4 Å². The minimum absolute atomic E-state index is 0.172. The average molecular weight is 408 g/mol. The lowest BCUT2D eigenvalue weighted by Gasteiger charge is -2.09. The highest BCUT2D eigenvalue weighted by molar-refractivity contribution is 5.88. The summed E-state index contributed by atoms with van der Waals surface area (Å²) in [6, 6.07) is 9.24. The number of fused-ring (bicyclic) bond motifs is 1. The Labute approximate surface area is 173 Å². The molecule has 1 aliphatic carbocycles. The van der Waals surface area contributed by atoms with Crippen LogP contribution in [0.5, 0.6) is 5.75 Å². The Morgan fingerprint density at radius 1 is 1.20 bits per heavy atom. The molecule has 1 aliphatic rings. The summed E-state index contributed by atoms with van der Waals surface area (Å²) in [6.07, 6.45) is 5.51. The first-order valence-electron chi connectivity index (χ1n) is 10.0. The molecule has 0 radical (unpaired) electrons. The minimum atomic E-state index is -0.395. The van der Waals surface area contributed by atoms with Crippen LogP contribution < -0.4 is 15.6 Å². The van der Waals surface area contributed by atoms with Crippen molar-refractivity contribution in [3.8, 4) is 5.75 Å². The van der Waals surface area contributed by atoms with E-state index in [1.807, 2.05) is 24.3 Å². The molecular formula is C21H24N6O3. The molecule has 1 amide bonds. The van der Waals surface area contributed by atoms with Gasteiger partial charge in [-0.1, -0.05) is 18.6 Å². The lowest BCUT2D eigenvalue weighted by molar-refractivity contribution is -0.117. The number of H-pyrrole nitrogens is 1. The Hall–Kier alpha value is -3.49. The molecule has 0 saturated heterocycles. The van der Waals surface area contributed by atoms with E-state index in [1.54, 1.807) is 13.2 Å². The van der Waals surface area contributed by atoms with Gasteiger partial charge in [0.1, 0.15) is 18.1 Å². The summed E-state index contributed by atoms with van der Waals surface area (Å²) in [6.45, 7) is -0.172. The number of rotatable bonds is 6. The topological polar surface area (TPSA) is 115 Å². The lowest BCUT2D eigenvalue weighted by Crippen LogP contribution is -2.31. The molecular weight excluding hydrogens is 384 g/mol. The highest BCUT2D eigenvalue weighted by atomic mass is 16.5. The third-order valence-corrected chi connectivity index (χ3v) is 5.13. The first-order valence-corrected chi connectivity index (χ1v) is 10.0. The van der Waals surface area contributed by atoms with Gasteiger partial charge in [-0.3, -0.25) is 20.0 Å². The third-order valence-electron chi connectivity index (χ3n) is 5.13. The van der Waals surface area contributed by atoms with E-state index in [1.165, 1.54) is 4.68 Å². The standard InChI is InChI=1S/C21H24N6O3/c1-30-16-9-7-14(8-10-16)11-18-22-21(25-24-18)23-19(28)13-27-20(29)12-15-5-3-2-4-6-17(15)26-27/h7-10,12H,2-6,11,13H2,1H3,(H2,22,23,24,25,28). The molecule has 0 unspecified atom stereocenters. The number of methoxy groups -OCH3 is 1. The molecule has 30 heavy (non-hydrogen) atoms. The number of nitrogens with zero attached hydrogens (tertiary/aromatic N) is 4. The maximum atomic E-state index is 12.4. The number of carbonyl (C=O) groups is 1. The van der Waals surface area contributed by atoms with Crippen molar-refractivity contribution >= 4 is 11.9 Å². The highest BCUT2D eigenvalue weighted by Crippen LogP contribution is 2.17. The van der Waals surface area contributed by atoms with E-state index in [0.29, 0.717) is 12.2 Å². The van der Waals surface area contributed by atoms with Crippen LogP contribution in [0.25, 0.3) is 0 Å². The Morgan fingerprint density at radius 2 is 2.00 bits per heavy atom. The zero-order valence-electron chi connectivity index (χ0n) is 16.9. The van der Waals surface area contributed by atoms with Gasteiger partial charge in [-0.2, -0.15) is 10.1 Å². The van der Waals surface area contributed by atoms with Gasteiger partial charge in [-0.15, -0.1) is 5.10 Å². The Balaban J connectivity index is 1.39. The molecule has 2 aromatic heterocycles. The van der Waals surface area contributed by atoms with Gasteiger partial charge in [0, 0.05) is 12.5 Å². The molecule has 4 rings (SSSR count). The van der Waals surface area contributed by atoms with Crippen LogP contribution in [0.2, 0.25) is 0 Å². The zero-order valence-corrected chi connectivity index (χ0v) is 16.9. The summed E-state index contributed by atoms with van der Waals surface area (Å²) in [5.74, 6) is 1.18. The Bertz CT molecular complexity index is 1090. The molecule has 9 nitrogen and oxygen atoms in total. The van der Waals surface area contributed by atoms with E-state index < -0.39 is 5.91 Å². The minimum Gasteiger partial charge on any atom is -0.497 e. The SMILES string of the molecule is COc1ccc(Cc2nc(NC(=O)Cn3nc4c(cc3=O)CCCCC4)n[nH]2)cc1. The van der Waals surface area contributed by atoms with Crippen LogP contribution in [-0.2, 0) is 30.6 Å². The van der Waals surface area contributed by atoms with Gasteiger partial charge >= 0.3 is 0 Å². The molecule has 0 aliphatic heterocycles. The molecule has 0 spiro atoms. The van der Waals surface area contributed by atoms with Crippen LogP contribution >= 0.6 is 0 Å². The molecule has 3 aromatic rings. The van der Waals surface area contributed by atoms with Crippen molar-refractivity contribution in [2.24, 2.45) is 0 Å². The van der Waals surface area contributed by atoms with Crippen LogP contribution in [0.15, 0.2) is 35.1 Å².